The maximum atomic E-state index is 12.5. The van der Waals surface area contributed by atoms with Gasteiger partial charge >= 0.3 is 5.97 Å². The third-order valence-corrected chi connectivity index (χ3v) is 7.73. The van der Waals surface area contributed by atoms with Crippen molar-refractivity contribution in [2.45, 2.75) is 104 Å². The van der Waals surface area contributed by atoms with E-state index in [-0.39, 0.29) is 11.9 Å². The van der Waals surface area contributed by atoms with Crippen molar-refractivity contribution in [2.75, 3.05) is 0 Å². The third kappa shape index (κ3) is 9.04. The summed E-state index contributed by atoms with van der Waals surface area (Å²) in [6, 6.07) is 7.63. The number of rotatable bonds is 9. The molecule has 33 heavy (non-hydrogen) atoms. The second-order valence-electron chi connectivity index (χ2n) is 10.4. The Balaban J connectivity index is 1.37. The van der Waals surface area contributed by atoms with Crippen LogP contribution in [0.2, 0.25) is 0 Å². The average Bonchev–Trinajstić information content (AvgIpc) is 2.84. The zero-order valence-corrected chi connectivity index (χ0v) is 21.0. The van der Waals surface area contributed by atoms with E-state index in [1.54, 1.807) is 0 Å². The number of carbonyl (C=O) groups is 1. The van der Waals surface area contributed by atoms with Crippen LogP contribution in [0, 0.1) is 35.5 Å². The van der Waals surface area contributed by atoms with Crippen LogP contribution in [0.4, 0.5) is 0 Å². The van der Waals surface area contributed by atoms with Gasteiger partial charge in [0, 0.05) is 5.56 Å². The Morgan fingerprint density at radius 2 is 1.55 bits per heavy atom. The molecule has 1 aromatic carbocycles. The van der Waals surface area contributed by atoms with Crippen LogP contribution in [-0.4, -0.2) is 5.97 Å². The minimum atomic E-state index is -0.0631. The second-order valence-corrected chi connectivity index (χ2v) is 10.4. The molecule has 180 valence electrons. The first kappa shape index (κ1) is 25.6. The molecular weight excluding hydrogens is 404 g/mol. The predicted octanol–water partition coefficient (Wildman–Crippen LogP) is 8.49. The molecule has 3 rings (SSSR count). The normalized spacial score (nSPS) is 25.4. The van der Waals surface area contributed by atoms with E-state index in [1.165, 1.54) is 64.2 Å². The first-order chi connectivity index (χ1) is 16.2. The molecule has 2 aliphatic rings. The Bertz CT molecular complexity index is 778. The lowest BCUT2D eigenvalue weighted by Gasteiger charge is -2.26. The summed E-state index contributed by atoms with van der Waals surface area (Å²) >= 11 is 0. The van der Waals surface area contributed by atoms with Crippen LogP contribution in [0.25, 0.3) is 0 Å². The molecule has 1 aromatic rings. The van der Waals surface area contributed by atoms with Gasteiger partial charge in [-0.05, 0) is 99.5 Å². The molecule has 0 atom stereocenters. The highest BCUT2D eigenvalue weighted by molar-refractivity contribution is 5.75. The highest BCUT2D eigenvalue weighted by Gasteiger charge is 2.27. The summed E-state index contributed by atoms with van der Waals surface area (Å²) in [6.45, 7) is 4.53. The molecule has 0 amide bonds. The summed E-state index contributed by atoms with van der Waals surface area (Å²) in [4.78, 5) is 12.5. The molecule has 2 aliphatic carbocycles. The Kier molecular flexibility index (Phi) is 11.1. The second kappa shape index (κ2) is 14.3. The Labute approximate surface area is 202 Å². The van der Waals surface area contributed by atoms with Crippen LogP contribution in [0.15, 0.2) is 36.4 Å². The van der Waals surface area contributed by atoms with Crippen LogP contribution in [-0.2, 0) is 4.79 Å². The van der Waals surface area contributed by atoms with Crippen LogP contribution in [0.5, 0.6) is 5.75 Å². The fourth-order valence-corrected chi connectivity index (χ4v) is 5.56. The summed E-state index contributed by atoms with van der Waals surface area (Å²) in [5.41, 5.74) is 0.958. The van der Waals surface area contributed by atoms with Gasteiger partial charge in [0.05, 0.1) is 5.92 Å². The lowest BCUT2D eigenvalue weighted by atomic mass is 9.79. The minimum absolute atomic E-state index is 0.0631. The zero-order valence-electron chi connectivity index (χ0n) is 21.0. The van der Waals surface area contributed by atoms with Crippen LogP contribution >= 0.6 is 0 Å². The maximum absolute atomic E-state index is 12.5. The molecular formula is C31H44O2. The van der Waals surface area contributed by atoms with E-state index in [0.29, 0.717) is 11.7 Å². The molecule has 0 aromatic heterocycles. The van der Waals surface area contributed by atoms with Gasteiger partial charge in [-0.3, -0.25) is 4.79 Å². The smallest absolute Gasteiger partial charge is 0.314 e. The van der Waals surface area contributed by atoms with Gasteiger partial charge in [0.25, 0.3) is 0 Å². The summed E-state index contributed by atoms with van der Waals surface area (Å²) in [6.07, 6.45) is 22.1. The van der Waals surface area contributed by atoms with Gasteiger partial charge < -0.3 is 4.74 Å². The van der Waals surface area contributed by atoms with Crippen molar-refractivity contribution in [1.29, 1.82) is 0 Å². The van der Waals surface area contributed by atoms with E-state index >= 15 is 0 Å². The number of unbranched alkanes of at least 4 members (excludes halogenated alkanes) is 2. The highest BCUT2D eigenvalue weighted by Crippen LogP contribution is 2.33. The van der Waals surface area contributed by atoms with Gasteiger partial charge in [-0.25, -0.2) is 0 Å². The number of ether oxygens (including phenoxy) is 1. The molecule has 0 saturated heterocycles. The monoisotopic (exact) mass is 448 g/mol. The quantitative estimate of drug-likeness (QED) is 0.164. The van der Waals surface area contributed by atoms with Crippen molar-refractivity contribution in [3.05, 3.63) is 42.0 Å². The summed E-state index contributed by atoms with van der Waals surface area (Å²) in [7, 11) is 0. The van der Waals surface area contributed by atoms with Crippen molar-refractivity contribution in [2.24, 2.45) is 23.7 Å². The Morgan fingerprint density at radius 3 is 2.21 bits per heavy atom. The molecule has 0 bridgehead atoms. The van der Waals surface area contributed by atoms with Crippen molar-refractivity contribution in [1.82, 2.24) is 0 Å². The lowest BCUT2D eigenvalue weighted by molar-refractivity contribution is -0.140. The van der Waals surface area contributed by atoms with Gasteiger partial charge in [-0.15, -0.1) is 0 Å². The zero-order chi connectivity index (χ0) is 23.3. The van der Waals surface area contributed by atoms with Gasteiger partial charge in [-0.2, -0.15) is 0 Å². The molecule has 2 saturated carbocycles. The van der Waals surface area contributed by atoms with Crippen molar-refractivity contribution >= 4 is 5.97 Å². The highest BCUT2D eigenvalue weighted by atomic mass is 16.5. The topological polar surface area (TPSA) is 26.3 Å². The molecule has 0 N–H and O–H groups in total. The molecule has 0 aliphatic heterocycles. The van der Waals surface area contributed by atoms with Crippen LogP contribution in [0.3, 0.4) is 0 Å². The van der Waals surface area contributed by atoms with E-state index in [4.69, 9.17) is 4.74 Å². The predicted molar refractivity (Wildman–Crippen MR) is 138 cm³/mol. The largest absolute Gasteiger partial charge is 0.426 e. The van der Waals surface area contributed by atoms with Gasteiger partial charge in [-0.1, -0.05) is 70.3 Å². The fourth-order valence-electron chi connectivity index (χ4n) is 5.56. The summed E-state index contributed by atoms with van der Waals surface area (Å²) in [5.74, 6) is 9.49. The molecule has 0 spiro atoms. The summed E-state index contributed by atoms with van der Waals surface area (Å²) < 4.78 is 5.65. The van der Waals surface area contributed by atoms with E-state index < -0.39 is 0 Å². The lowest BCUT2D eigenvalue weighted by Crippen LogP contribution is -2.25. The number of allylic oxidation sites excluding steroid dienone is 2. The minimum Gasteiger partial charge on any atom is -0.426 e. The van der Waals surface area contributed by atoms with Crippen molar-refractivity contribution < 1.29 is 9.53 Å². The van der Waals surface area contributed by atoms with Gasteiger partial charge in [0.2, 0.25) is 0 Å². The van der Waals surface area contributed by atoms with E-state index in [1.807, 2.05) is 30.3 Å². The van der Waals surface area contributed by atoms with Crippen LogP contribution in [0.1, 0.15) is 109 Å². The number of hydrogen-bond donors (Lipinski definition) is 0. The van der Waals surface area contributed by atoms with Crippen molar-refractivity contribution in [3.63, 3.8) is 0 Å². The maximum Gasteiger partial charge on any atom is 0.314 e. The van der Waals surface area contributed by atoms with E-state index in [0.717, 1.165) is 43.1 Å². The molecule has 0 radical (unpaired) electrons. The number of benzene rings is 1. The summed E-state index contributed by atoms with van der Waals surface area (Å²) in [5, 5.41) is 0. The number of hydrogen-bond acceptors (Lipinski definition) is 2. The van der Waals surface area contributed by atoms with Crippen molar-refractivity contribution in [3.8, 4) is 17.6 Å². The van der Waals surface area contributed by atoms with Crippen LogP contribution < -0.4 is 4.74 Å². The first-order valence-corrected chi connectivity index (χ1v) is 13.7. The molecule has 0 unspecified atom stereocenters. The Morgan fingerprint density at radius 1 is 0.879 bits per heavy atom. The average molecular weight is 449 g/mol. The van der Waals surface area contributed by atoms with E-state index in [2.05, 4.69) is 31.8 Å². The molecule has 2 nitrogen and oxygen atoms in total. The van der Waals surface area contributed by atoms with Gasteiger partial charge in [0.15, 0.2) is 0 Å². The SMILES string of the molecule is CCCCCC1CCC(C=CC#Cc2ccc(OC(=O)C3CCC(CCC)CC3)cc2)CC1. The number of esters is 1. The Hall–Kier alpha value is -2.01. The number of carbonyl (C=O) groups excluding carboxylic acids is 1. The van der Waals surface area contributed by atoms with E-state index in [9.17, 15) is 4.79 Å². The first-order valence-electron chi connectivity index (χ1n) is 13.7. The molecule has 2 fully saturated rings. The fraction of sp³-hybridized carbons (Fsp3) is 0.645. The standard InChI is InChI=1S/C31H44O2/c1-3-5-6-10-26-13-15-27(16-14-26)11-7-8-12-28-19-23-30(24-20-28)33-31(32)29-21-17-25(9-4-2)18-22-29/h7,11,19-20,23-27,29H,3-6,9-10,13-18,21-22H2,1-2H3. The van der Waals surface area contributed by atoms with Gasteiger partial charge in [0.1, 0.15) is 5.75 Å². The molecule has 0 heterocycles. The molecule has 2 heteroatoms. The third-order valence-electron chi connectivity index (χ3n) is 7.73.